The monoisotopic (exact) mass is 197 g/mol. The van der Waals surface area contributed by atoms with Crippen molar-refractivity contribution in [1.82, 2.24) is 16.0 Å². The normalized spacial score (nSPS) is 35.4. The first-order chi connectivity index (χ1) is 6.77. The van der Waals surface area contributed by atoms with Crippen molar-refractivity contribution in [2.75, 3.05) is 19.6 Å². The first kappa shape index (κ1) is 9.77. The Morgan fingerprint density at radius 1 is 1.64 bits per heavy atom. The highest BCUT2D eigenvalue weighted by Crippen LogP contribution is 2.37. The number of carbonyl (C=O) groups is 1. The van der Waals surface area contributed by atoms with E-state index >= 15 is 0 Å². The predicted molar refractivity (Wildman–Crippen MR) is 55.2 cm³/mol. The van der Waals surface area contributed by atoms with E-state index in [2.05, 4.69) is 16.0 Å². The van der Waals surface area contributed by atoms with Crippen LogP contribution in [0.1, 0.15) is 26.2 Å². The predicted octanol–water partition coefficient (Wildman–Crippen LogP) is 0.448. The lowest BCUT2D eigenvalue weighted by Crippen LogP contribution is -2.54. The van der Waals surface area contributed by atoms with Crippen LogP contribution >= 0.6 is 0 Å². The van der Waals surface area contributed by atoms with Crippen molar-refractivity contribution in [3.8, 4) is 0 Å². The zero-order chi connectivity index (χ0) is 10.0. The van der Waals surface area contributed by atoms with Crippen LogP contribution < -0.4 is 16.0 Å². The van der Waals surface area contributed by atoms with Gasteiger partial charge in [0, 0.05) is 19.6 Å². The molecule has 1 saturated heterocycles. The molecule has 0 radical (unpaired) electrons. The summed E-state index contributed by atoms with van der Waals surface area (Å²) in [6.07, 6.45) is 3.62. The standard InChI is InChI=1S/C10H19N3O/c1-2-12-9(14)13-10-5-3-4-8(10)6-11-7-10/h8,11H,2-7H2,1H3,(H2,12,13,14)/t8-,10-/m0/s1. The van der Waals surface area contributed by atoms with Gasteiger partial charge in [-0.1, -0.05) is 6.42 Å². The van der Waals surface area contributed by atoms with E-state index in [0.717, 1.165) is 19.5 Å². The molecular weight excluding hydrogens is 178 g/mol. The Bertz CT molecular complexity index is 219. The van der Waals surface area contributed by atoms with E-state index in [4.69, 9.17) is 0 Å². The van der Waals surface area contributed by atoms with E-state index in [1.165, 1.54) is 12.8 Å². The summed E-state index contributed by atoms with van der Waals surface area (Å²) in [5, 5.41) is 9.31. The molecule has 0 unspecified atom stereocenters. The zero-order valence-corrected chi connectivity index (χ0v) is 8.73. The molecule has 0 spiro atoms. The Balaban J connectivity index is 1.97. The average Bonchev–Trinajstić information content (AvgIpc) is 2.62. The molecular formula is C10H19N3O. The molecule has 1 heterocycles. The van der Waals surface area contributed by atoms with Gasteiger partial charge < -0.3 is 16.0 Å². The summed E-state index contributed by atoms with van der Waals surface area (Å²) in [6.45, 7) is 4.64. The van der Waals surface area contributed by atoms with Crippen LogP contribution in [0.15, 0.2) is 0 Å². The molecule has 2 fully saturated rings. The van der Waals surface area contributed by atoms with Crippen LogP contribution in [-0.2, 0) is 0 Å². The van der Waals surface area contributed by atoms with Crippen molar-refractivity contribution >= 4 is 6.03 Å². The summed E-state index contributed by atoms with van der Waals surface area (Å²) >= 11 is 0. The van der Waals surface area contributed by atoms with Gasteiger partial charge in [0.05, 0.1) is 5.54 Å². The van der Waals surface area contributed by atoms with Gasteiger partial charge in [-0.05, 0) is 25.7 Å². The maximum absolute atomic E-state index is 11.5. The van der Waals surface area contributed by atoms with E-state index < -0.39 is 0 Å². The van der Waals surface area contributed by atoms with Crippen LogP contribution in [0.25, 0.3) is 0 Å². The number of fused-ring (bicyclic) bond motifs is 1. The van der Waals surface area contributed by atoms with Crippen LogP contribution in [0.3, 0.4) is 0 Å². The van der Waals surface area contributed by atoms with Crippen molar-refractivity contribution in [3.63, 3.8) is 0 Å². The molecule has 0 aromatic rings. The minimum absolute atomic E-state index is 0.0110. The smallest absolute Gasteiger partial charge is 0.315 e. The molecule has 3 N–H and O–H groups in total. The molecule has 80 valence electrons. The molecule has 1 aliphatic carbocycles. The Morgan fingerprint density at radius 2 is 2.50 bits per heavy atom. The molecule has 2 atom stereocenters. The molecule has 2 rings (SSSR count). The highest BCUT2D eigenvalue weighted by Gasteiger charge is 2.47. The second-order valence-electron chi connectivity index (χ2n) is 4.36. The summed E-state index contributed by atoms with van der Waals surface area (Å²) in [5.41, 5.74) is 0.0548. The summed E-state index contributed by atoms with van der Waals surface area (Å²) < 4.78 is 0. The fourth-order valence-electron chi connectivity index (χ4n) is 2.78. The van der Waals surface area contributed by atoms with E-state index in [-0.39, 0.29) is 11.6 Å². The summed E-state index contributed by atoms with van der Waals surface area (Å²) in [7, 11) is 0. The first-order valence-electron chi connectivity index (χ1n) is 5.53. The second kappa shape index (κ2) is 3.77. The van der Waals surface area contributed by atoms with Gasteiger partial charge in [-0.2, -0.15) is 0 Å². The van der Waals surface area contributed by atoms with Crippen molar-refractivity contribution in [1.29, 1.82) is 0 Å². The topological polar surface area (TPSA) is 53.2 Å². The third-order valence-corrected chi connectivity index (χ3v) is 3.49. The molecule has 4 nitrogen and oxygen atoms in total. The molecule has 4 heteroatoms. The van der Waals surface area contributed by atoms with Crippen molar-refractivity contribution < 1.29 is 4.79 Å². The molecule has 1 saturated carbocycles. The lowest BCUT2D eigenvalue weighted by molar-refractivity contribution is 0.221. The summed E-state index contributed by atoms with van der Waals surface area (Å²) in [6, 6.07) is -0.0110. The first-order valence-corrected chi connectivity index (χ1v) is 5.53. The fourth-order valence-corrected chi connectivity index (χ4v) is 2.78. The van der Waals surface area contributed by atoms with Crippen LogP contribution in [0.5, 0.6) is 0 Å². The number of urea groups is 1. The Labute approximate surface area is 84.8 Å². The van der Waals surface area contributed by atoms with Gasteiger partial charge in [-0.3, -0.25) is 0 Å². The second-order valence-corrected chi connectivity index (χ2v) is 4.36. The molecule has 2 aliphatic rings. The average molecular weight is 197 g/mol. The van der Waals surface area contributed by atoms with Gasteiger partial charge in [0.15, 0.2) is 0 Å². The van der Waals surface area contributed by atoms with E-state index in [9.17, 15) is 4.79 Å². The Morgan fingerprint density at radius 3 is 3.29 bits per heavy atom. The maximum Gasteiger partial charge on any atom is 0.315 e. The number of amides is 2. The van der Waals surface area contributed by atoms with Crippen molar-refractivity contribution in [2.45, 2.75) is 31.7 Å². The molecule has 2 amide bonds. The molecule has 0 aromatic heterocycles. The third-order valence-electron chi connectivity index (χ3n) is 3.49. The summed E-state index contributed by atoms with van der Waals surface area (Å²) in [5.74, 6) is 0.644. The largest absolute Gasteiger partial charge is 0.338 e. The van der Waals surface area contributed by atoms with E-state index in [1.807, 2.05) is 6.92 Å². The number of carbonyl (C=O) groups excluding carboxylic acids is 1. The fraction of sp³-hybridized carbons (Fsp3) is 0.900. The highest BCUT2D eigenvalue weighted by atomic mass is 16.2. The van der Waals surface area contributed by atoms with E-state index in [1.54, 1.807) is 0 Å². The quantitative estimate of drug-likeness (QED) is 0.602. The van der Waals surface area contributed by atoms with E-state index in [0.29, 0.717) is 12.5 Å². The van der Waals surface area contributed by atoms with Crippen LogP contribution in [0.2, 0.25) is 0 Å². The van der Waals surface area contributed by atoms with Gasteiger partial charge >= 0.3 is 6.03 Å². The van der Waals surface area contributed by atoms with Gasteiger partial charge in [-0.15, -0.1) is 0 Å². The lowest BCUT2D eigenvalue weighted by atomic mass is 9.91. The molecule has 1 aliphatic heterocycles. The van der Waals surface area contributed by atoms with Crippen LogP contribution in [0.4, 0.5) is 4.79 Å². The van der Waals surface area contributed by atoms with Gasteiger partial charge in [0.1, 0.15) is 0 Å². The zero-order valence-electron chi connectivity index (χ0n) is 8.73. The van der Waals surface area contributed by atoms with Crippen molar-refractivity contribution in [3.05, 3.63) is 0 Å². The van der Waals surface area contributed by atoms with Crippen LogP contribution in [-0.4, -0.2) is 31.2 Å². The number of hydrogen-bond donors (Lipinski definition) is 3. The minimum Gasteiger partial charge on any atom is -0.338 e. The SMILES string of the molecule is CCNC(=O)N[C@]12CCC[C@H]1CNC2. The molecule has 0 aromatic carbocycles. The highest BCUT2D eigenvalue weighted by molar-refractivity contribution is 5.75. The number of rotatable bonds is 2. The van der Waals surface area contributed by atoms with Gasteiger partial charge in [0.2, 0.25) is 0 Å². The number of nitrogens with one attached hydrogen (secondary N) is 3. The van der Waals surface area contributed by atoms with Crippen LogP contribution in [0, 0.1) is 5.92 Å². The minimum atomic E-state index is -0.0110. The molecule has 14 heavy (non-hydrogen) atoms. The molecule has 0 bridgehead atoms. The van der Waals surface area contributed by atoms with Crippen molar-refractivity contribution in [2.24, 2.45) is 5.92 Å². The lowest BCUT2D eigenvalue weighted by Gasteiger charge is -2.29. The summed E-state index contributed by atoms with van der Waals surface area (Å²) in [4.78, 5) is 11.5. The Hall–Kier alpha value is -0.770. The van der Waals surface area contributed by atoms with Gasteiger partial charge in [0.25, 0.3) is 0 Å². The maximum atomic E-state index is 11.5. The third kappa shape index (κ3) is 1.59. The van der Waals surface area contributed by atoms with Gasteiger partial charge in [-0.25, -0.2) is 4.79 Å². The number of hydrogen-bond acceptors (Lipinski definition) is 2. The Kier molecular flexibility index (Phi) is 2.63.